The Bertz CT molecular complexity index is 753. The number of benzene rings is 2. The summed E-state index contributed by atoms with van der Waals surface area (Å²) in [6.45, 7) is 8.56. The van der Waals surface area contributed by atoms with Gasteiger partial charge in [0.1, 0.15) is 18.1 Å². The van der Waals surface area contributed by atoms with Gasteiger partial charge in [0, 0.05) is 16.9 Å². The molecule has 2 aromatic rings. The second-order valence-corrected chi connectivity index (χ2v) is 7.05. The molecule has 4 heteroatoms. The molecule has 0 N–H and O–H groups in total. The standard InChI is InChI=1S/C21H26O3S/c1-6-16-11-15(4)19(12-14(16)3)24-13-17-18(23-5)9-8-10-20(17)25-21(22)7-2/h8-12H,6-7,13H2,1-5H3. The van der Waals surface area contributed by atoms with Gasteiger partial charge < -0.3 is 9.47 Å². The van der Waals surface area contributed by atoms with Gasteiger partial charge in [-0.1, -0.05) is 37.7 Å². The van der Waals surface area contributed by atoms with Crippen LogP contribution in [-0.4, -0.2) is 12.2 Å². The molecular formula is C21H26O3S. The minimum atomic E-state index is 0.133. The first-order valence-corrected chi connectivity index (χ1v) is 9.41. The van der Waals surface area contributed by atoms with Crippen molar-refractivity contribution in [3.05, 3.63) is 52.6 Å². The number of thioether (sulfide) groups is 1. The highest BCUT2D eigenvalue weighted by atomic mass is 32.2. The van der Waals surface area contributed by atoms with E-state index in [1.165, 1.54) is 22.9 Å². The van der Waals surface area contributed by atoms with Crippen molar-refractivity contribution in [1.82, 2.24) is 0 Å². The fourth-order valence-electron chi connectivity index (χ4n) is 2.71. The molecule has 25 heavy (non-hydrogen) atoms. The van der Waals surface area contributed by atoms with Gasteiger partial charge in [0.25, 0.3) is 0 Å². The molecule has 0 amide bonds. The van der Waals surface area contributed by atoms with Crippen LogP contribution in [0.1, 0.15) is 42.5 Å². The topological polar surface area (TPSA) is 35.5 Å². The van der Waals surface area contributed by atoms with Crippen LogP contribution in [0.3, 0.4) is 0 Å². The van der Waals surface area contributed by atoms with E-state index in [0.29, 0.717) is 13.0 Å². The summed E-state index contributed by atoms with van der Waals surface area (Å²) in [5.41, 5.74) is 4.61. The highest BCUT2D eigenvalue weighted by molar-refractivity contribution is 8.13. The molecule has 0 spiro atoms. The Labute approximate surface area is 154 Å². The molecule has 0 fully saturated rings. The minimum absolute atomic E-state index is 0.133. The zero-order valence-electron chi connectivity index (χ0n) is 15.6. The molecule has 0 bridgehead atoms. The molecule has 134 valence electrons. The van der Waals surface area contributed by atoms with Crippen LogP contribution in [0.2, 0.25) is 0 Å². The summed E-state index contributed by atoms with van der Waals surface area (Å²) in [6.07, 6.45) is 1.51. The molecule has 0 aliphatic heterocycles. The molecule has 0 saturated carbocycles. The predicted octanol–water partition coefficient (Wildman–Crippen LogP) is 5.48. The lowest BCUT2D eigenvalue weighted by Crippen LogP contribution is -2.03. The molecule has 0 radical (unpaired) electrons. The van der Waals surface area contributed by atoms with Gasteiger partial charge >= 0.3 is 0 Å². The summed E-state index contributed by atoms with van der Waals surface area (Å²) in [6, 6.07) is 10.0. The number of hydrogen-bond acceptors (Lipinski definition) is 4. The van der Waals surface area contributed by atoms with Crippen molar-refractivity contribution in [2.45, 2.75) is 52.0 Å². The zero-order chi connectivity index (χ0) is 18.4. The maximum atomic E-state index is 11.9. The van der Waals surface area contributed by atoms with Crippen molar-refractivity contribution in [2.75, 3.05) is 7.11 Å². The van der Waals surface area contributed by atoms with E-state index in [1.807, 2.05) is 25.1 Å². The number of hydrogen-bond donors (Lipinski definition) is 0. The molecule has 2 rings (SSSR count). The first-order valence-electron chi connectivity index (χ1n) is 8.59. The van der Waals surface area contributed by atoms with Gasteiger partial charge in [-0.3, -0.25) is 4.79 Å². The molecular weight excluding hydrogens is 332 g/mol. The lowest BCUT2D eigenvalue weighted by Gasteiger charge is -2.16. The van der Waals surface area contributed by atoms with Gasteiger partial charge in [-0.25, -0.2) is 0 Å². The summed E-state index contributed by atoms with van der Waals surface area (Å²) in [4.78, 5) is 12.8. The summed E-state index contributed by atoms with van der Waals surface area (Å²) >= 11 is 1.25. The second-order valence-electron chi connectivity index (χ2n) is 5.95. The fraction of sp³-hybridized carbons (Fsp3) is 0.381. The van der Waals surface area contributed by atoms with Crippen LogP contribution in [0.4, 0.5) is 0 Å². The van der Waals surface area contributed by atoms with E-state index in [1.54, 1.807) is 7.11 Å². The normalized spacial score (nSPS) is 10.6. The Kier molecular flexibility index (Phi) is 6.94. The molecule has 0 unspecified atom stereocenters. The van der Waals surface area contributed by atoms with Crippen molar-refractivity contribution in [2.24, 2.45) is 0 Å². The second kappa shape index (κ2) is 8.95. The number of aryl methyl sites for hydroxylation is 3. The molecule has 0 saturated heterocycles. The first kappa shape index (κ1) is 19.4. The maximum absolute atomic E-state index is 11.9. The molecule has 0 heterocycles. The van der Waals surface area contributed by atoms with E-state index >= 15 is 0 Å². The van der Waals surface area contributed by atoms with Crippen molar-refractivity contribution < 1.29 is 14.3 Å². The Hall–Kier alpha value is -1.94. The summed E-state index contributed by atoms with van der Waals surface area (Å²) in [5.74, 6) is 1.62. The predicted molar refractivity (Wildman–Crippen MR) is 104 cm³/mol. The van der Waals surface area contributed by atoms with E-state index in [2.05, 4.69) is 32.9 Å². The minimum Gasteiger partial charge on any atom is -0.496 e. The molecule has 3 nitrogen and oxygen atoms in total. The van der Waals surface area contributed by atoms with Crippen molar-refractivity contribution in [3.63, 3.8) is 0 Å². The SMILES string of the molecule is CCC(=O)Sc1cccc(OC)c1COc1cc(C)c(CC)cc1C. The van der Waals surface area contributed by atoms with E-state index < -0.39 is 0 Å². The molecule has 2 aromatic carbocycles. The monoisotopic (exact) mass is 358 g/mol. The van der Waals surface area contributed by atoms with Crippen molar-refractivity contribution >= 4 is 16.9 Å². The van der Waals surface area contributed by atoms with Crippen LogP contribution < -0.4 is 9.47 Å². The third kappa shape index (κ3) is 4.79. The Balaban J connectivity index is 2.28. The molecule has 0 atom stereocenters. The van der Waals surface area contributed by atoms with Crippen LogP contribution in [0.15, 0.2) is 35.2 Å². The van der Waals surface area contributed by atoms with Gasteiger partial charge in [0.2, 0.25) is 0 Å². The van der Waals surface area contributed by atoms with Gasteiger partial charge in [0.15, 0.2) is 5.12 Å². The number of ether oxygens (including phenoxy) is 2. The van der Waals surface area contributed by atoms with Crippen LogP contribution >= 0.6 is 11.8 Å². The Morgan fingerprint density at radius 3 is 2.48 bits per heavy atom. The number of rotatable bonds is 7. The number of methoxy groups -OCH3 is 1. The van der Waals surface area contributed by atoms with E-state index in [0.717, 1.165) is 33.9 Å². The quantitative estimate of drug-likeness (QED) is 0.614. The van der Waals surface area contributed by atoms with Crippen molar-refractivity contribution in [3.8, 4) is 11.5 Å². The average molecular weight is 359 g/mol. The smallest absolute Gasteiger partial charge is 0.193 e. The molecule has 0 aliphatic rings. The lowest BCUT2D eigenvalue weighted by atomic mass is 10.0. The highest BCUT2D eigenvalue weighted by Crippen LogP contribution is 2.33. The molecule has 0 aliphatic carbocycles. The third-order valence-electron chi connectivity index (χ3n) is 4.21. The van der Waals surface area contributed by atoms with Crippen LogP contribution in [0.25, 0.3) is 0 Å². The van der Waals surface area contributed by atoms with Gasteiger partial charge in [-0.2, -0.15) is 0 Å². The van der Waals surface area contributed by atoms with Gasteiger partial charge in [-0.15, -0.1) is 0 Å². The van der Waals surface area contributed by atoms with Gasteiger partial charge in [-0.05, 0) is 55.2 Å². The number of carbonyl (C=O) groups is 1. The first-order chi connectivity index (χ1) is 12.0. The van der Waals surface area contributed by atoms with Crippen LogP contribution in [0.5, 0.6) is 11.5 Å². The van der Waals surface area contributed by atoms with E-state index in [4.69, 9.17) is 9.47 Å². The molecule has 0 aromatic heterocycles. The highest BCUT2D eigenvalue weighted by Gasteiger charge is 2.14. The van der Waals surface area contributed by atoms with Crippen LogP contribution in [-0.2, 0) is 17.8 Å². The lowest BCUT2D eigenvalue weighted by molar-refractivity contribution is -0.110. The maximum Gasteiger partial charge on any atom is 0.193 e. The average Bonchev–Trinajstić information content (AvgIpc) is 2.62. The Morgan fingerprint density at radius 1 is 1.08 bits per heavy atom. The zero-order valence-corrected chi connectivity index (χ0v) is 16.5. The summed E-state index contributed by atoms with van der Waals surface area (Å²) in [5, 5.41) is 0.133. The fourth-order valence-corrected chi connectivity index (χ4v) is 3.52. The van der Waals surface area contributed by atoms with Crippen LogP contribution in [0, 0.1) is 13.8 Å². The third-order valence-corrected chi connectivity index (χ3v) is 5.33. The van der Waals surface area contributed by atoms with Crippen molar-refractivity contribution in [1.29, 1.82) is 0 Å². The van der Waals surface area contributed by atoms with Gasteiger partial charge in [0.05, 0.1) is 7.11 Å². The van der Waals surface area contributed by atoms with E-state index in [9.17, 15) is 4.79 Å². The summed E-state index contributed by atoms with van der Waals surface area (Å²) < 4.78 is 11.6. The van der Waals surface area contributed by atoms with E-state index in [-0.39, 0.29) is 5.12 Å². The Morgan fingerprint density at radius 2 is 1.84 bits per heavy atom. The largest absolute Gasteiger partial charge is 0.496 e. The summed E-state index contributed by atoms with van der Waals surface area (Å²) in [7, 11) is 1.64. The number of carbonyl (C=O) groups excluding carboxylic acids is 1.